The van der Waals surface area contributed by atoms with E-state index in [1.165, 1.54) is 32.1 Å². The maximum Gasteiger partial charge on any atom is 0.251 e. The van der Waals surface area contributed by atoms with Crippen molar-refractivity contribution in [3.05, 3.63) is 71.8 Å². The number of carbonyl (C=O) groups is 2. The monoisotopic (exact) mass is 364 g/mol. The third-order valence-electron chi connectivity index (χ3n) is 5.23. The Morgan fingerprint density at radius 3 is 2.19 bits per heavy atom. The molecule has 0 aliphatic heterocycles. The van der Waals surface area contributed by atoms with Crippen LogP contribution in [0.4, 0.5) is 0 Å². The molecular formula is C23H28N2O2. The van der Waals surface area contributed by atoms with Gasteiger partial charge in [-0.2, -0.15) is 0 Å². The Balaban J connectivity index is 1.64. The van der Waals surface area contributed by atoms with Gasteiger partial charge in [0.1, 0.15) is 6.04 Å². The summed E-state index contributed by atoms with van der Waals surface area (Å²) in [6.07, 6.45) is 6.64. The molecule has 0 spiro atoms. The number of hydrogen-bond acceptors (Lipinski definition) is 2. The molecule has 1 unspecified atom stereocenters. The lowest BCUT2D eigenvalue weighted by Crippen LogP contribution is -2.49. The summed E-state index contributed by atoms with van der Waals surface area (Å²) < 4.78 is 0. The molecule has 0 aromatic heterocycles. The molecule has 0 bridgehead atoms. The Bertz CT molecular complexity index is 725. The van der Waals surface area contributed by atoms with E-state index in [2.05, 4.69) is 10.6 Å². The highest BCUT2D eigenvalue weighted by atomic mass is 16.2. The average Bonchev–Trinajstić information content (AvgIpc) is 2.73. The molecule has 2 aromatic carbocycles. The van der Waals surface area contributed by atoms with Crippen LogP contribution in [0.15, 0.2) is 60.7 Å². The molecule has 2 N–H and O–H groups in total. The number of rotatable bonds is 7. The van der Waals surface area contributed by atoms with Gasteiger partial charge in [0, 0.05) is 18.5 Å². The standard InChI is InChI=1S/C23H28N2O2/c26-22(20-14-8-3-9-15-20)25-21(16-18-10-4-1-5-11-18)23(27)24-17-19-12-6-2-7-13-19/h1,3-5,8-11,14-15,19,21H,2,6-7,12-13,16-17H2,(H,24,27)(H,25,26). The lowest BCUT2D eigenvalue weighted by Gasteiger charge is -2.24. The van der Waals surface area contributed by atoms with Crippen molar-refractivity contribution in [2.75, 3.05) is 6.54 Å². The van der Waals surface area contributed by atoms with E-state index in [1.54, 1.807) is 12.1 Å². The largest absolute Gasteiger partial charge is 0.354 e. The molecule has 1 aliphatic carbocycles. The second-order valence-electron chi connectivity index (χ2n) is 7.33. The molecule has 4 nitrogen and oxygen atoms in total. The first-order chi connectivity index (χ1) is 13.2. The molecule has 1 fully saturated rings. The number of carbonyl (C=O) groups excluding carboxylic acids is 2. The molecule has 0 saturated heterocycles. The third kappa shape index (κ3) is 5.95. The van der Waals surface area contributed by atoms with Gasteiger partial charge in [0.15, 0.2) is 0 Å². The fraction of sp³-hybridized carbons (Fsp3) is 0.391. The number of amides is 2. The average molecular weight is 364 g/mol. The Hall–Kier alpha value is -2.62. The van der Waals surface area contributed by atoms with E-state index < -0.39 is 6.04 Å². The third-order valence-corrected chi connectivity index (χ3v) is 5.23. The minimum atomic E-state index is -0.580. The normalized spacial score (nSPS) is 15.7. The van der Waals surface area contributed by atoms with Crippen molar-refractivity contribution in [1.29, 1.82) is 0 Å². The zero-order chi connectivity index (χ0) is 18.9. The summed E-state index contributed by atoms with van der Waals surface area (Å²) in [5.74, 6) is 0.239. The minimum Gasteiger partial charge on any atom is -0.354 e. The second-order valence-corrected chi connectivity index (χ2v) is 7.33. The van der Waals surface area contributed by atoms with Gasteiger partial charge in [-0.25, -0.2) is 0 Å². The van der Waals surface area contributed by atoms with Crippen LogP contribution in [0.1, 0.15) is 48.0 Å². The van der Waals surface area contributed by atoms with Gasteiger partial charge in [0.05, 0.1) is 0 Å². The molecule has 0 radical (unpaired) electrons. The summed E-state index contributed by atoms with van der Waals surface area (Å²) in [6.45, 7) is 0.700. The van der Waals surface area contributed by atoms with Gasteiger partial charge in [0.25, 0.3) is 5.91 Å². The van der Waals surface area contributed by atoms with Crippen LogP contribution in [0.25, 0.3) is 0 Å². The Labute approximate surface area is 161 Å². The van der Waals surface area contributed by atoms with Crippen LogP contribution in [-0.2, 0) is 11.2 Å². The molecule has 4 heteroatoms. The number of benzene rings is 2. The maximum absolute atomic E-state index is 12.8. The van der Waals surface area contributed by atoms with Crippen LogP contribution in [0.5, 0.6) is 0 Å². The van der Waals surface area contributed by atoms with Crippen LogP contribution in [0, 0.1) is 5.92 Å². The van der Waals surface area contributed by atoms with Gasteiger partial charge in [0.2, 0.25) is 5.91 Å². The number of nitrogens with one attached hydrogen (secondary N) is 2. The topological polar surface area (TPSA) is 58.2 Å². The zero-order valence-corrected chi connectivity index (χ0v) is 15.7. The van der Waals surface area contributed by atoms with E-state index in [0.717, 1.165) is 5.56 Å². The van der Waals surface area contributed by atoms with E-state index in [4.69, 9.17) is 0 Å². The zero-order valence-electron chi connectivity index (χ0n) is 15.7. The maximum atomic E-state index is 12.8. The van der Waals surface area contributed by atoms with Crippen molar-refractivity contribution in [2.45, 2.75) is 44.6 Å². The first kappa shape index (κ1) is 19.2. The summed E-state index contributed by atoms with van der Waals surface area (Å²) in [5.41, 5.74) is 1.60. The lowest BCUT2D eigenvalue weighted by molar-refractivity contribution is -0.123. The molecule has 3 rings (SSSR count). The molecular weight excluding hydrogens is 336 g/mol. The van der Waals surface area contributed by atoms with Crippen molar-refractivity contribution in [3.63, 3.8) is 0 Å². The minimum absolute atomic E-state index is 0.103. The van der Waals surface area contributed by atoms with E-state index >= 15 is 0 Å². The smallest absolute Gasteiger partial charge is 0.251 e. The predicted molar refractivity (Wildman–Crippen MR) is 107 cm³/mol. The van der Waals surface area contributed by atoms with Gasteiger partial charge in [-0.05, 0) is 36.5 Å². The first-order valence-electron chi connectivity index (χ1n) is 9.90. The van der Waals surface area contributed by atoms with Crippen molar-refractivity contribution >= 4 is 11.8 Å². The molecule has 1 aliphatic rings. The van der Waals surface area contributed by atoms with Gasteiger partial charge in [-0.15, -0.1) is 0 Å². The molecule has 1 saturated carbocycles. The highest BCUT2D eigenvalue weighted by Crippen LogP contribution is 2.22. The lowest BCUT2D eigenvalue weighted by atomic mass is 9.89. The van der Waals surface area contributed by atoms with E-state index in [1.807, 2.05) is 48.5 Å². The van der Waals surface area contributed by atoms with Crippen LogP contribution < -0.4 is 10.6 Å². The summed E-state index contributed by atoms with van der Waals surface area (Å²) in [7, 11) is 0. The van der Waals surface area contributed by atoms with Crippen LogP contribution in [0.3, 0.4) is 0 Å². The van der Waals surface area contributed by atoms with Crippen molar-refractivity contribution in [3.8, 4) is 0 Å². The van der Waals surface area contributed by atoms with Gasteiger partial charge >= 0.3 is 0 Å². The first-order valence-corrected chi connectivity index (χ1v) is 9.90. The van der Waals surface area contributed by atoms with E-state index in [-0.39, 0.29) is 11.8 Å². The summed E-state index contributed by atoms with van der Waals surface area (Å²) >= 11 is 0. The quantitative estimate of drug-likeness (QED) is 0.787. The SMILES string of the molecule is O=C(NC(Cc1ccccc1)C(=O)NCC1CCCCC1)c1ccccc1. The highest BCUT2D eigenvalue weighted by Gasteiger charge is 2.23. The Morgan fingerprint density at radius 2 is 1.52 bits per heavy atom. The molecule has 2 amide bonds. The van der Waals surface area contributed by atoms with Gasteiger partial charge in [-0.3, -0.25) is 9.59 Å². The van der Waals surface area contributed by atoms with Crippen molar-refractivity contribution in [2.24, 2.45) is 5.92 Å². The van der Waals surface area contributed by atoms with E-state index in [0.29, 0.717) is 24.4 Å². The summed E-state index contributed by atoms with van der Waals surface area (Å²) in [4.78, 5) is 25.4. The van der Waals surface area contributed by atoms with Gasteiger partial charge in [-0.1, -0.05) is 67.8 Å². The molecule has 1 atom stereocenters. The molecule has 2 aromatic rings. The Morgan fingerprint density at radius 1 is 0.889 bits per heavy atom. The fourth-order valence-electron chi connectivity index (χ4n) is 3.65. The van der Waals surface area contributed by atoms with Crippen LogP contribution in [0.2, 0.25) is 0 Å². The summed E-state index contributed by atoms with van der Waals surface area (Å²) in [5, 5.41) is 5.99. The molecule has 142 valence electrons. The van der Waals surface area contributed by atoms with Crippen LogP contribution >= 0.6 is 0 Å². The molecule has 0 heterocycles. The van der Waals surface area contributed by atoms with Crippen LogP contribution in [-0.4, -0.2) is 24.4 Å². The van der Waals surface area contributed by atoms with Crippen molar-refractivity contribution < 1.29 is 9.59 Å². The number of hydrogen-bond donors (Lipinski definition) is 2. The van der Waals surface area contributed by atoms with E-state index in [9.17, 15) is 9.59 Å². The van der Waals surface area contributed by atoms with Gasteiger partial charge < -0.3 is 10.6 Å². The molecule has 27 heavy (non-hydrogen) atoms. The fourth-order valence-corrected chi connectivity index (χ4v) is 3.65. The summed E-state index contributed by atoms with van der Waals surface area (Å²) in [6, 6.07) is 18.3. The van der Waals surface area contributed by atoms with Crippen molar-refractivity contribution in [1.82, 2.24) is 10.6 Å². The second kappa shape index (κ2) is 9.91. The predicted octanol–water partition coefficient (Wildman–Crippen LogP) is 3.72. The Kier molecular flexibility index (Phi) is 7.03. The highest BCUT2D eigenvalue weighted by molar-refractivity contribution is 5.97.